The first kappa shape index (κ1) is 14.8. The molecule has 0 aliphatic heterocycles. The molecule has 0 spiro atoms. The number of carbonyl (C=O) groups is 2. The highest BCUT2D eigenvalue weighted by Gasteiger charge is 2.16. The van der Waals surface area contributed by atoms with Gasteiger partial charge in [-0.25, -0.2) is 4.79 Å². The van der Waals surface area contributed by atoms with Gasteiger partial charge in [-0.1, -0.05) is 30.1 Å². The summed E-state index contributed by atoms with van der Waals surface area (Å²) in [5.41, 5.74) is -0.0891. The van der Waals surface area contributed by atoms with Gasteiger partial charge in [0.15, 0.2) is 0 Å². The quantitative estimate of drug-likeness (QED) is 0.777. The molecule has 98 valence electrons. The Labute approximate surface area is 114 Å². The predicted molar refractivity (Wildman–Crippen MR) is 70.6 cm³/mol. The molecule has 0 saturated heterocycles. The van der Waals surface area contributed by atoms with Gasteiger partial charge in [0, 0.05) is 5.02 Å². The monoisotopic (exact) mass is 290 g/mol. The molecule has 1 amide bonds. The van der Waals surface area contributed by atoms with Crippen molar-refractivity contribution in [2.45, 2.75) is 6.92 Å². The van der Waals surface area contributed by atoms with Gasteiger partial charge < -0.3 is 15.7 Å². The van der Waals surface area contributed by atoms with Gasteiger partial charge in [-0.15, -0.1) is 0 Å². The van der Waals surface area contributed by atoms with E-state index in [9.17, 15) is 9.59 Å². The number of hydrogen-bond donors (Lipinski definition) is 3. The van der Waals surface area contributed by atoms with Crippen molar-refractivity contribution < 1.29 is 14.7 Å². The van der Waals surface area contributed by atoms with Crippen molar-refractivity contribution in [3.63, 3.8) is 0 Å². The lowest BCUT2D eigenvalue weighted by Crippen LogP contribution is -2.28. The van der Waals surface area contributed by atoms with Crippen molar-refractivity contribution in [2.75, 3.05) is 18.4 Å². The summed E-state index contributed by atoms with van der Waals surface area (Å²) >= 11 is 11.6. The Kier molecular flexibility index (Phi) is 5.40. The van der Waals surface area contributed by atoms with E-state index in [-0.39, 0.29) is 33.7 Å². The first-order valence-electron chi connectivity index (χ1n) is 5.18. The predicted octanol–water partition coefficient (Wildman–Crippen LogP) is 2.24. The normalized spacial score (nSPS) is 10.2. The molecule has 3 N–H and O–H groups in total. The van der Waals surface area contributed by atoms with Crippen molar-refractivity contribution in [3.8, 4) is 0 Å². The standard InChI is InChI=1S/C11H12Cl2N2O3/c1-2-14-5-9(16)15-10-7(11(17)18)3-6(12)4-8(10)13/h3-4,14H,2,5H2,1H3,(H,15,16)(H,17,18). The van der Waals surface area contributed by atoms with Crippen molar-refractivity contribution in [1.29, 1.82) is 0 Å². The van der Waals surface area contributed by atoms with E-state index >= 15 is 0 Å². The second-order valence-electron chi connectivity index (χ2n) is 3.44. The molecule has 0 saturated carbocycles. The van der Waals surface area contributed by atoms with Crippen LogP contribution in [0.25, 0.3) is 0 Å². The van der Waals surface area contributed by atoms with E-state index in [1.165, 1.54) is 12.1 Å². The zero-order valence-corrected chi connectivity index (χ0v) is 11.1. The Bertz CT molecular complexity index is 478. The topological polar surface area (TPSA) is 78.4 Å². The molecule has 7 heteroatoms. The third-order valence-electron chi connectivity index (χ3n) is 2.09. The number of carbonyl (C=O) groups excluding carboxylic acids is 1. The van der Waals surface area contributed by atoms with Gasteiger partial charge in [-0.05, 0) is 18.7 Å². The lowest BCUT2D eigenvalue weighted by molar-refractivity contribution is -0.115. The molecule has 0 aliphatic rings. The molecule has 0 bridgehead atoms. The minimum Gasteiger partial charge on any atom is -0.478 e. The van der Waals surface area contributed by atoms with Crippen LogP contribution in [0.2, 0.25) is 10.0 Å². The van der Waals surface area contributed by atoms with Crippen molar-refractivity contribution in [3.05, 3.63) is 27.7 Å². The molecule has 1 aromatic carbocycles. The number of nitrogens with one attached hydrogen (secondary N) is 2. The van der Waals surface area contributed by atoms with E-state index in [0.29, 0.717) is 6.54 Å². The van der Waals surface area contributed by atoms with Gasteiger partial charge in [0.1, 0.15) is 0 Å². The molecule has 0 heterocycles. The fourth-order valence-electron chi connectivity index (χ4n) is 1.29. The Morgan fingerprint density at radius 1 is 1.33 bits per heavy atom. The highest BCUT2D eigenvalue weighted by molar-refractivity contribution is 6.37. The van der Waals surface area contributed by atoms with E-state index in [4.69, 9.17) is 28.3 Å². The molecule has 0 radical (unpaired) electrons. The Hall–Kier alpha value is -1.30. The highest BCUT2D eigenvalue weighted by atomic mass is 35.5. The van der Waals surface area contributed by atoms with Crippen LogP contribution in [0, 0.1) is 0 Å². The maximum atomic E-state index is 11.5. The van der Waals surface area contributed by atoms with Crippen LogP contribution in [0.4, 0.5) is 5.69 Å². The number of likely N-dealkylation sites (N-methyl/N-ethyl adjacent to an activating group) is 1. The molecule has 0 aromatic heterocycles. The van der Waals surface area contributed by atoms with Crippen LogP contribution in [0.3, 0.4) is 0 Å². The lowest BCUT2D eigenvalue weighted by Gasteiger charge is -2.11. The molecule has 1 rings (SSSR count). The molecule has 0 unspecified atom stereocenters. The van der Waals surface area contributed by atoms with Crippen LogP contribution in [-0.4, -0.2) is 30.1 Å². The summed E-state index contributed by atoms with van der Waals surface area (Å²) in [6.07, 6.45) is 0. The van der Waals surface area contributed by atoms with E-state index < -0.39 is 5.97 Å². The van der Waals surface area contributed by atoms with Crippen LogP contribution >= 0.6 is 23.2 Å². The number of benzene rings is 1. The fourth-order valence-corrected chi connectivity index (χ4v) is 1.83. The van der Waals surface area contributed by atoms with Gasteiger partial charge in [0.25, 0.3) is 0 Å². The maximum absolute atomic E-state index is 11.5. The zero-order chi connectivity index (χ0) is 13.7. The average molecular weight is 291 g/mol. The summed E-state index contributed by atoms with van der Waals surface area (Å²) in [5.74, 6) is -1.58. The van der Waals surface area contributed by atoms with Gasteiger partial charge >= 0.3 is 5.97 Å². The molecule has 1 aromatic rings. The first-order valence-corrected chi connectivity index (χ1v) is 5.94. The second kappa shape index (κ2) is 6.58. The number of rotatable bonds is 5. The molecule has 0 aliphatic carbocycles. The number of anilines is 1. The summed E-state index contributed by atoms with van der Waals surface area (Å²) in [4.78, 5) is 22.6. The van der Waals surface area contributed by atoms with Crippen LogP contribution in [0.15, 0.2) is 12.1 Å². The number of aromatic carboxylic acids is 1. The smallest absolute Gasteiger partial charge is 0.337 e. The first-order chi connectivity index (χ1) is 8.45. The van der Waals surface area contributed by atoms with E-state index in [1.54, 1.807) is 0 Å². The second-order valence-corrected chi connectivity index (χ2v) is 4.29. The zero-order valence-electron chi connectivity index (χ0n) is 9.59. The van der Waals surface area contributed by atoms with Crippen LogP contribution in [-0.2, 0) is 4.79 Å². The number of amides is 1. The minimum atomic E-state index is -1.21. The van der Waals surface area contributed by atoms with Crippen molar-refractivity contribution in [2.24, 2.45) is 0 Å². The molecule has 5 nitrogen and oxygen atoms in total. The number of hydrogen-bond acceptors (Lipinski definition) is 3. The summed E-state index contributed by atoms with van der Waals surface area (Å²) in [7, 11) is 0. The molecule has 18 heavy (non-hydrogen) atoms. The van der Waals surface area contributed by atoms with Gasteiger partial charge in [0.05, 0.1) is 22.8 Å². The third-order valence-corrected chi connectivity index (χ3v) is 2.60. The number of carboxylic acid groups (broad SMARTS) is 1. The SMILES string of the molecule is CCNCC(=O)Nc1c(Cl)cc(Cl)cc1C(=O)O. The highest BCUT2D eigenvalue weighted by Crippen LogP contribution is 2.30. The van der Waals surface area contributed by atoms with Crippen molar-refractivity contribution >= 4 is 40.8 Å². The molecule has 0 atom stereocenters. The third kappa shape index (κ3) is 3.87. The van der Waals surface area contributed by atoms with Crippen LogP contribution in [0.5, 0.6) is 0 Å². The molecule has 0 fully saturated rings. The van der Waals surface area contributed by atoms with E-state index in [2.05, 4.69) is 10.6 Å². The van der Waals surface area contributed by atoms with Gasteiger partial charge in [0.2, 0.25) is 5.91 Å². The number of carboxylic acids is 1. The van der Waals surface area contributed by atoms with Gasteiger partial charge in [-0.3, -0.25) is 4.79 Å². The summed E-state index contributed by atoms with van der Waals surface area (Å²) in [6, 6.07) is 2.61. The van der Waals surface area contributed by atoms with Crippen LogP contribution < -0.4 is 10.6 Å². The minimum absolute atomic E-state index is 0.0523. The average Bonchev–Trinajstić information content (AvgIpc) is 2.29. The summed E-state index contributed by atoms with van der Waals surface area (Å²) in [5, 5.41) is 14.6. The summed E-state index contributed by atoms with van der Waals surface area (Å²) < 4.78 is 0. The largest absolute Gasteiger partial charge is 0.478 e. The fraction of sp³-hybridized carbons (Fsp3) is 0.273. The Balaban J connectivity index is 3.00. The number of halogens is 2. The molecular formula is C11H12Cl2N2O3. The van der Waals surface area contributed by atoms with Crippen LogP contribution in [0.1, 0.15) is 17.3 Å². The van der Waals surface area contributed by atoms with E-state index in [1.807, 2.05) is 6.92 Å². The van der Waals surface area contributed by atoms with Crippen molar-refractivity contribution in [1.82, 2.24) is 5.32 Å². The summed E-state index contributed by atoms with van der Waals surface area (Å²) in [6.45, 7) is 2.56. The Morgan fingerprint density at radius 3 is 2.56 bits per heavy atom. The lowest BCUT2D eigenvalue weighted by atomic mass is 10.1. The van der Waals surface area contributed by atoms with Gasteiger partial charge in [-0.2, -0.15) is 0 Å². The maximum Gasteiger partial charge on any atom is 0.337 e. The Morgan fingerprint density at radius 2 is 2.00 bits per heavy atom. The van der Waals surface area contributed by atoms with E-state index in [0.717, 1.165) is 0 Å². The molecular weight excluding hydrogens is 279 g/mol.